The second-order valence-corrected chi connectivity index (χ2v) is 14.3. The summed E-state index contributed by atoms with van der Waals surface area (Å²) >= 11 is 6.39. The highest BCUT2D eigenvalue weighted by Crippen LogP contribution is 2.22. The van der Waals surface area contributed by atoms with Crippen LogP contribution in [0.1, 0.15) is 11.1 Å². The third-order valence-electron chi connectivity index (χ3n) is 10.00. The van der Waals surface area contributed by atoms with Gasteiger partial charge in [-0.2, -0.15) is 0 Å². The lowest BCUT2D eigenvalue weighted by Gasteiger charge is -2.25. The average molecular weight is 817 g/mol. The number of benzene rings is 5. The van der Waals surface area contributed by atoms with Crippen molar-refractivity contribution in [1.29, 1.82) is 0 Å². The Morgan fingerprint density at radius 1 is 0.593 bits per heavy atom. The van der Waals surface area contributed by atoms with Crippen molar-refractivity contribution < 1.29 is 28.7 Å². The monoisotopic (exact) mass is 816 g/mol. The number of carbonyl (C=O) groups excluding carboxylic acids is 4. The Bertz CT molecular complexity index is 2470. The standard InChI is InChI=1S/C45H45ClN6O7/c1-49(33-16-20-35(58-3)21-17-33)43(55)37(25-30-11-7-5-8-12-30)47-41(53)28-51-39-24-15-32(46)27-40(39)52(45(51)57)29-42(54)48-38(26-31-13-9-6-10-14-31)44(56)50(2)34-18-22-36(59-4)23-19-34/h5-24,27,37-38H,25-26,28-29H2,1-4H3,(H,47,53)(H,48,54)/t37-,38?/m0/s1. The van der Waals surface area contributed by atoms with Gasteiger partial charge in [0, 0.05) is 43.3 Å². The molecule has 4 amide bonds. The number of aromatic nitrogens is 2. The summed E-state index contributed by atoms with van der Waals surface area (Å²) in [6, 6.07) is 35.2. The Labute approximate surface area is 346 Å². The zero-order valence-electron chi connectivity index (χ0n) is 33.1. The Kier molecular flexibility index (Phi) is 13.5. The van der Waals surface area contributed by atoms with Gasteiger partial charge in [-0.25, -0.2) is 4.79 Å². The maximum Gasteiger partial charge on any atom is 0.330 e. The molecule has 0 radical (unpaired) electrons. The third-order valence-corrected chi connectivity index (χ3v) is 10.2. The molecule has 5 aromatic carbocycles. The lowest BCUT2D eigenvalue weighted by Crippen LogP contribution is -2.50. The van der Waals surface area contributed by atoms with Crippen LogP contribution in [0.25, 0.3) is 11.0 Å². The van der Waals surface area contributed by atoms with Crippen LogP contribution in [0.2, 0.25) is 5.02 Å². The number of hydrogen-bond donors (Lipinski definition) is 2. The van der Waals surface area contributed by atoms with Crippen LogP contribution in [0.5, 0.6) is 11.5 Å². The molecule has 6 aromatic rings. The number of hydrogen-bond acceptors (Lipinski definition) is 7. The molecular formula is C45H45ClN6O7. The summed E-state index contributed by atoms with van der Waals surface area (Å²) in [4.78, 5) is 72.6. The second kappa shape index (κ2) is 19.1. The van der Waals surface area contributed by atoms with Gasteiger partial charge in [0.25, 0.3) is 0 Å². The van der Waals surface area contributed by atoms with E-state index in [1.165, 1.54) is 25.0 Å². The van der Waals surface area contributed by atoms with Crippen molar-refractivity contribution in [2.24, 2.45) is 0 Å². The normalized spacial score (nSPS) is 11.9. The summed E-state index contributed by atoms with van der Waals surface area (Å²) in [7, 11) is 6.35. The lowest BCUT2D eigenvalue weighted by atomic mass is 10.0. The van der Waals surface area contributed by atoms with E-state index in [-0.39, 0.29) is 24.7 Å². The maximum atomic E-state index is 14.1. The van der Waals surface area contributed by atoms with Crippen LogP contribution in [0.15, 0.2) is 132 Å². The van der Waals surface area contributed by atoms with Gasteiger partial charge in [0.1, 0.15) is 36.7 Å². The molecule has 0 fully saturated rings. The number of halogens is 1. The zero-order valence-corrected chi connectivity index (χ0v) is 33.9. The number of methoxy groups -OCH3 is 2. The first-order valence-corrected chi connectivity index (χ1v) is 19.2. The molecular weight excluding hydrogens is 772 g/mol. The number of carbonyl (C=O) groups is 4. The van der Waals surface area contributed by atoms with E-state index in [4.69, 9.17) is 21.1 Å². The van der Waals surface area contributed by atoms with Crippen LogP contribution >= 0.6 is 11.6 Å². The zero-order chi connectivity index (χ0) is 42.1. The molecule has 6 rings (SSSR count). The van der Waals surface area contributed by atoms with Crippen molar-refractivity contribution in [3.05, 3.63) is 154 Å². The van der Waals surface area contributed by atoms with Gasteiger partial charge in [-0.05, 0) is 77.9 Å². The van der Waals surface area contributed by atoms with Crippen LogP contribution in [-0.4, -0.2) is 73.2 Å². The quantitative estimate of drug-likeness (QED) is 0.136. The number of likely N-dealkylation sites (N-methyl/N-ethyl adjacent to an activating group) is 2. The molecule has 14 heteroatoms. The second-order valence-electron chi connectivity index (χ2n) is 13.9. The first-order valence-electron chi connectivity index (χ1n) is 18.8. The summed E-state index contributed by atoms with van der Waals surface area (Å²) in [6.45, 7) is -0.935. The maximum absolute atomic E-state index is 14.1. The molecule has 2 atom stereocenters. The van der Waals surface area contributed by atoms with E-state index < -0.39 is 42.7 Å². The molecule has 0 aliphatic carbocycles. The fraction of sp³-hybridized carbons (Fsp3) is 0.222. The number of fused-ring (bicyclic) bond motifs is 1. The van der Waals surface area contributed by atoms with E-state index in [9.17, 15) is 24.0 Å². The molecule has 2 N–H and O–H groups in total. The van der Waals surface area contributed by atoms with Gasteiger partial charge >= 0.3 is 5.69 Å². The number of rotatable bonds is 16. The smallest absolute Gasteiger partial charge is 0.330 e. The highest BCUT2D eigenvalue weighted by molar-refractivity contribution is 6.31. The first kappa shape index (κ1) is 41.8. The summed E-state index contributed by atoms with van der Waals surface area (Å²) in [5.74, 6) is -0.697. The number of imidazole rings is 1. The molecule has 1 unspecified atom stereocenters. The highest BCUT2D eigenvalue weighted by Gasteiger charge is 2.29. The molecule has 0 aliphatic rings. The van der Waals surface area contributed by atoms with E-state index in [2.05, 4.69) is 10.6 Å². The van der Waals surface area contributed by atoms with E-state index in [0.29, 0.717) is 38.9 Å². The van der Waals surface area contributed by atoms with Gasteiger partial charge in [0.05, 0.1) is 25.3 Å². The van der Waals surface area contributed by atoms with Crippen molar-refractivity contribution in [1.82, 2.24) is 19.8 Å². The van der Waals surface area contributed by atoms with Crippen molar-refractivity contribution >= 4 is 57.6 Å². The van der Waals surface area contributed by atoms with Crippen LogP contribution in [0.4, 0.5) is 11.4 Å². The predicted octanol–water partition coefficient (Wildman–Crippen LogP) is 5.25. The molecule has 1 heterocycles. The van der Waals surface area contributed by atoms with Gasteiger partial charge < -0.3 is 29.9 Å². The Morgan fingerprint density at radius 2 is 1.00 bits per heavy atom. The molecule has 0 spiro atoms. The van der Waals surface area contributed by atoms with Crippen LogP contribution in [0.3, 0.4) is 0 Å². The molecule has 13 nitrogen and oxygen atoms in total. The minimum Gasteiger partial charge on any atom is -0.497 e. The Balaban J connectivity index is 1.24. The van der Waals surface area contributed by atoms with Crippen molar-refractivity contribution in [2.45, 2.75) is 38.0 Å². The SMILES string of the molecule is COc1ccc(N(C)C(=O)C(Cc2ccccc2)NC(=O)Cn2c(=O)n(CC(=O)N[C@@H](Cc3ccccc3)C(=O)N(C)c3ccc(OC)cc3)c3ccc(Cl)cc32)cc1. The number of anilines is 2. The fourth-order valence-electron chi connectivity index (χ4n) is 6.80. The van der Waals surface area contributed by atoms with Gasteiger partial charge in [0.2, 0.25) is 23.6 Å². The van der Waals surface area contributed by atoms with Gasteiger partial charge in [-0.15, -0.1) is 0 Å². The molecule has 0 saturated carbocycles. The summed E-state index contributed by atoms with van der Waals surface area (Å²) in [6.07, 6.45) is 0.375. The number of ether oxygens (including phenoxy) is 2. The minimum absolute atomic E-state index is 0.186. The Hall–Kier alpha value is -6.86. The fourth-order valence-corrected chi connectivity index (χ4v) is 6.97. The van der Waals surface area contributed by atoms with E-state index in [1.54, 1.807) is 89.0 Å². The number of nitrogens with one attached hydrogen (secondary N) is 2. The summed E-state index contributed by atoms with van der Waals surface area (Å²) < 4.78 is 13.0. The van der Waals surface area contributed by atoms with Crippen LogP contribution in [-0.2, 0) is 45.1 Å². The number of nitrogens with zero attached hydrogens (tertiary/aromatic N) is 4. The van der Waals surface area contributed by atoms with Crippen molar-refractivity contribution in [2.75, 3.05) is 38.1 Å². The average Bonchev–Trinajstić information content (AvgIpc) is 3.50. The number of amides is 4. The Morgan fingerprint density at radius 3 is 1.41 bits per heavy atom. The van der Waals surface area contributed by atoms with Crippen molar-refractivity contribution in [3.8, 4) is 11.5 Å². The van der Waals surface area contributed by atoms with Gasteiger partial charge in [-0.1, -0.05) is 72.3 Å². The van der Waals surface area contributed by atoms with Crippen molar-refractivity contribution in [3.63, 3.8) is 0 Å². The summed E-state index contributed by atoms with van der Waals surface area (Å²) in [5, 5.41) is 6.01. The predicted molar refractivity (Wildman–Crippen MR) is 228 cm³/mol. The van der Waals surface area contributed by atoms with Crippen LogP contribution in [0, 0.1) is 0 Å². The van der Waals surface area contributed by atoms with Crippen LogP contribution < -0.4 is 35.6 Å². The molecule has 0 saturated heterocycles. The minimum atomic E-state index is -0.995. The van der Waals surface area contributed by atoms with Gasteiger partial charge in [-0.3, -0.25) is 28.3 Å². The molecule has 59 heavy (non-hydrogen) atoms. The van der Waals surface area contributed by atoms with E-state index >= 15 is 0 Å². The first-order chi connectivity index (χ1) is 28.4. The molecule has 0 aliphatic heterocycles. The molecule has 0 bridgehead atoms. The highest BCUT2D eigenvalue weighted by atomic mass is 35.5. The van der Waals surface area contributed by atoms with E-state index in [1.807, 2.05) is 60.7 Å². The van der Waals surface area contributed by atoms with Gasteiger partial charge in [0.15, 0.2) is 0 Å². The topological polar surface area (TPSA) is 144 Å². The largest absolute Gasteiger partial charge is 0.497 e. The molecule has 304 valence electrons. The molecule has 1 aromatic heterocycles. The lowest BCUT2D eigenvalue weighted by molar-refractivity contribution is -0.128. The van der Waals surface area contributed by atoms with E-state index in [0.717, 1.165) is 11.1 Å². The third kappa shape index (κ3) is 10.2. The summed E-state index contributed by atoms with van der Waals surface area (Å²) in [5.41, 5.74) is 2.83.